The van der Waals surface area contributed by atoms with Gasteiger partial charge in [0, 0.05) is 50.6 Å². The molecule has 6 heteroatoms. The number of nitrogens with one attached hydrogen (secondary N) is 1. The highest BCUT2D eigenvalue weighted by Gasteiger charge is 2.34. The maximum absolute atomic E-state index is 12.6. The van der Waals surface area contributed by atoms with Gasteiger partial charge in [-0.15, -0.1) is 0 Å². The van der Waals surface area contributed by atoms with Crippen LogP contribution in [0.5, 0.6) is 0 Å². The molecule has 2 fully saturated rings. The molecule has 26 heavy (non-hydrogen) atoms. The van der Waals surface area contributed by atoms with E-state index in [0.717, 1.165) is 51.1 Å². The van der Waals surface area contributed by atoms with E-state index >= 15 is 0 Å². The van der Waals surface area contributed by atoms with Crippen molar-refractivity contribution >= 4 is 6.03 Å². The van der Waals surface area contributed by atoms with Crippen LogP contribution >= 0.6 is 0 Å². The van der Waals surface area contributed by atoms with Crippen molar-refractivity contribution in [3.8, 4) is 0 Å². The molecule has 1 saturated carbocycles. The van der Waals surface area contributed by atoms with Crippen LogP contribution in [-0.2, 0) is 17.8 Å². The number of rotatable bonds is 7. The Morgan fingerprint density at radius 3 is 2.69 bits per heavy atom. The van der Waals surface area contributed by atoms with Gasteiger partial charge < -0.3 is 19.5 Å². The lowest BCUT2D eigenvalue weighted by Crippen LogP contribution is -2.43. The lowest BCUT2D eigenvalue weighted by molar-refractivity contribution is 0.162. The van der Waals surface area contributed by atoms with Gasteiger partial charge in [0.25, 0.3) is 0 Å². The molecule has 2 aromatic rings. The molecule has 1 aromatic heterocycles. The number of urea groups is 1. The van der Waals surface area contributed by atoms with Crippen molar-refractivity contribution in [3.05, 3.63) is 54.1 Å². The van der Waals surface area contributed by atoms with E-state index in [4.69, 9.17) is 4.74 Å². The number of nitrogens with zero attached hydrogens (tertiary/aromatic N) is 3. The molecule has 1 N–H and O–H groups in total. The lowest BCUT2D eigenvalue weighted by Gasteiger charge is -2.25. The third-order valence-corrected chi connectivity index (χ3v) is 5.12. The summed E-state index contributed by atoms with van der Waals surface area (Å²) in [5.41, 5.74) is 2.34. The van der Waals surface area contributed by atoms with E-state index in [2.05, 4.69) is 34.6 Å². The quantitative estimate of drug-likeness (QED) is 0.832. The largest absolute Gasteiger partial charge is 0.381 e. The van der Waals surface area contributed by atoms with Gasteiger partial charge in [0.15, 0.2) is 0 Å². The van der Waals surface area contributed by atoms with Crippen LogP contribution in [0, 0.1) is 5.92 Å². The molecule has 1 aliphatic heterocycles. The Kier molecular flexibility index (Phi) is 5.20. The summed E-state index contributed by atoms with van der Waals surface area (Å²) in [5.74, 6) is 0.490. The first-order valence-electron chi connectivity index (χ1n) is 9.44. The summed E-state index contributed by atoms with van der Waals surface area (Å²) >= 11 is 0. The summed E-state index contributed by atoms with van der Waals surface area (Å²) in [4.78, 5) is 18.7. The van der Waals surface area contributed by atoms with Crippen molar-refractivity contribution in [3.63, 3.8) is 0 Å². The average molecular weight is 354 g/mol. The second-order valence-corrected chi connectivity index (χ2v) is 7.32. The Morgan fingerprint density at radius 1 is 1.23 bits per heavy atom. The van der Waals surface area contributed by atoms with Gasteiger partial charge in [0.1, 0.15) is 0 Å². The van der Waals surface area contributed by atoms with Crippen LogP contribution in [0.4, 0.5) is 4.79 Å². The fourth-order valence-electron chi connectivity index (χ4n) is 3.42. The van der Waals surface area contributed by atoms with Crippen LogP contribution in [0.3, 0.4) is 0 Å². The van der Waals surface area contributed by atoms with Crippen LogP contribution < -0.4 is 5.32 Å². The van der Waals surface area contributed by atoms with Crippen LogP contribution in [0.15, 0.2) is 43.0 Å². The van der Waals surface area contributed by atoms with Crippen LogP contribution in [-0.4, -0.2) is 46.3 Å². The SMILES string of the molecule is O=C(NCc1ccc(Cn2ccnc2)cc1)N(CC1CCOC1)C1CC1. The Morgan fingerprint density at radius 2 is 2.04 bits per heavy atom. The summed E-state index contributed by atoms with van der Waals surface area (Å²) < 4.78 is 7.49. The van der Waals surface area contributed by atoms with E-state index in [1.54, 1.807) is 6.20 Å². The van der Waals surface area contributed by atoms with E-state index < -0.39 is 0 Å². The number of ether oxygens (including phenoxy) is 1. The average Bonchev–Trinajstić information content (AvgIpc) is 3.13. The van der Waals surface area contributed by atoms with Gasteiger partial charge in [-0.25, -0.2) is 9.78 Å². The third kappa shape index (κ3) is 4.43. The molecule has 1 saturated heterocycles. The fourth-order valence-corrected chi connectivity index (χ4v) is 3.42. The first kappa shape index (κ1) is 17.1. The number of benzene rings is 1. The standard InChI is InChI=1S/C20H26N4O2/c25-20(24(19-5-6-19)13-18-7-10-26-14-18)22-11-16-1-3-17(4-2-16)12-23-9-8-21-15-23/h1-4,8-9,15,18-19H,5-7,10-14H2,(H,22,25). The topological polar surface area (TPSA) is 59.4 Å². The molecule has 0 spiro atoms. The second-order valence-electron chi connectivity index (χ2n) is 7.32. The molecule has 2 aliphatic rings. The highest BCUT2D eigenvalue weighted by Crippen LogP contribution is 2.29. The minimum atomic E-state index is 0.0573. The Labute approximate surface area is 154 Å². The van der Waals surface area contributed by atoms with Crippen molar-refractivity contribution < 1.29 is 9.53 Å². The molecule has 1 atom stereocenters. The molecule has 1 aromatic carbocycles. The number of carbonyl (C=O) groups excluding carboxylic acids is 1. The molecular formula is C20H26N4O2. The minimum absolute atomic E-state index is 0.0573. The van der Waals surface area contributed by atoms with E-state index in [0.29, 0.717) is 18.5 Å². The Bertz CT molecular complexity index is 704. The number of hydrogen-bond acceptors (Lipinski definition) is 3. The first-order valence-corrected chi connectivity index (χ1v) is 9.44. The Balaban J connectivity index is 1.28. The van der Waals surface area contributed by atoms with Crippen molar-refractivity contribution in [2.24, 2.45) is 5.92 Å². The maximum atomic E-state index is 12.6. The summed E-state index contributed by atoms with van der Waals surface area (Å²) in [7, 11) is 0. The number of aromatic nitrogens is 2. The van der Waals surface area contributed by atoms with Crippen molar-refractivity contribution in [1.82, 2.24) is 19.8 Å². The van der Waals surface area contributed by atoms with E-state index in [-0.39, 0.29) is 6.03 Å². The summed E-state index contributed by atoms with van der Waals surface area (Å²) in [6.45, 7) is 3.81. The summed E-state index contributed by atoms with van der Waals surface area (Å²) in [6.07, 6.45) is 8.88. The lowest BCUT2D eigenvalue weighted by atomic mass is 10.1. The third-order valence-electron chi connectivity index (χ3n) is 5.12. The van der Waals surface area contributed by atoms with Crippen LogP contribution in [0.2, 0.25) is 0 Å². The van der Waals surface area contributed by atoms with E-state index in [1.807, 2.05) is 22.0 Å². The smallest absolute Gasteiger partial charge is 0.317 e. The van der Waals surface area contributed by atoms with Crippen molar-refractivity contribution in [2.75, 3.05) is 19.8 Å². The molecule has 1 aliphatic carbocycles. The molecule has 0 bridgehead atoms. The zero-order valence-corrected chi connectivity index (χ0v) is 15.0. The highest BCUT2D eigenvalue weighted by molar-refractivity contribution is 5.75. The van der Waals surface area contributed by atoms with Crippen molar-refractivity contribution in [1.29, 1.82) is 0 Å². The maximum Gasteiger partial charge on any atom is 0.317 e. The predicted octanol–water partition coefficient (Wildman–Crippen LogP) is 2.64. The number of amides is 2. The summed E-state index contributed by atoms with van der Waals surface area (Å²) in [5, 5.41) is 3.09. The van der Waals surface area contributed by atoms with Gasteiger partial charge >= 0.3 is 6.03 Å². The van der Waals surface area contributed by atoms with Gasteiger partial charge in [-0.3, -0.25) is 0 Å². The van der Waals surface area contributed by atoms with Gasteiger partial charge in [0.2, 0.25) is 0 Å². The summed E-state index contributed by atoms with van der Waals surface area (Å²) in [6, 6.07) is 8.86. The zero-order valence-electron chi connectivity index (χ0n) is 15.0. The van der Waals surface area contributed by atoms with Crippen molar-refractivity contribution in [2.45, 2.75) is 38.4 Å². The number of hydrogen-bond donors (Lipinski definition) is 1. The predicted molar refractivity (Wildman–Crippen MR) is 98.7 cm³/mol. The molecule has 6 nitrogen and oxygen atoms in total. The molecule has 2 heterocycles. The Hall–Kier alpha value is -2.34. The number of imidazole rings is 1. The molecule has 2 amide bonds. The molecule has 1 unspecified atom stereocenters. The van der Waals surface area contributed by atoms with Gasteiger partial charge in [-0.1, -0.05) is 24.3 Å². The minimum Gasteiger partial charge on any atom is -0.381 e. The monoisotopic (exact) mass is 354 g/mol. The second kappa shape index (κ2) is 7.91. The molecule has 4 rings (SSSR count). The zero-order chi connectivity index (χ0) is 17.8. The van der Waals surface area contributed by atoms with Crippen LogP contribution in [0.25, 0.3) is 0 Å². The van der Waals surface area contributed by atoms with Gasteiger partial charge in [-0.2, -0.15) is 0 Å². The van der Waals surface area contributed by atoms with Crippen LogP contribution in [0.1, 0.15) is 30.4 Å². The number of carbonyl (C=O) groups is 1. The molecule has 138 valence electrons. The fraction of sp³-hybridized carbons (Fsp3) is 0.500. The van der Waals surface area contributed by atoms with Gasteiger partial charge in [0.05, 0.1) is 12.9 Å². The molecular weight excluding hydrogens is 328 g/mol. The van der Waals surface area contributed by atoms with E-state index in [9.17, 15) is 4.79 Å². The normalized spacial score (nSPS) is 19.5. The van der Waals surface area contributed by atoms with E-state index in [1.165, 1.54) is 5.56 Å². The highest BCUT2D eigenvalue weighted by atomic mass is 16.5. The van der Waals surface area contributed by atoms with Gasteiger partial charge in [-0.05, 0) is 30.4 Å². The molecule has 0 radical (unpaired) electrons. The first-order chi connectivity index (χ1) is 12.8.